The number of carbonyl (C=O) groups excluding carboxylic acids is 1. The van der Waals surface area contributed by atoms with E-state index in [4.69, 9.17) is 4.74 Å². The molecular weight excluding hydrogens is 164 g/mol. The van der Waals surface area contributed by atoms with Gasteiger partial charge in [-0.2, -0.15) is 0 Å². The van der Waals surface area contributed by atoms with E-state index in [9.17, 15) is 4.79 Å². The molecule has 1 aliphatic rings. The Morgan fingerprint density at radius 1 is 1.54 bits per heavy atom. The fourth-order valence-corrected chi connectivity index (χ4v) is 1.83. The van der Waals surface area contributed by atoms with Crippen molar-refractivity contribution in [1.29, 1.82) is 0 Å². The standard InChI is InChI=1S/C11H12O2/c1-7-3-10-8(4-9(10)6-12)5-11(7)13-2/h3,5-6,9H,4H2,1-2H3. The van der Waals surface area contributed by atoms with Crippen molar-refractivity contribution in [2.45, 2.75) is 19.3 Å². The highest BCUT2D eigenvalue weighted by Crippen LogP contribution is 2.37. The lowest BCUT2D eigenvalue weighted by atomic mass is 9.77. The molecule has 0 saturated carbocycles. The van der Waals surface area contributed by atoms with Crippen LogP contribution in [0, 0.1) is 6.92 Å². The van der Waals surface area contributed by atoms with Crippen molar-refractivity contribution in [2.24, 2.45) is 0 Å². The quantitative estimate of drug-likeness (QED) is 0.643. The number of aryl methyl sites for hydroxylation is 1. The van der Waals surface area contributed by atoms with Gasteiger partial charge in [0.1, 0.15) is 12.0 Å². The predicted molar refractivity (Wildman–Crippen MR) is 50.2 cm³/mol. The molecule has 2 rings (SSSR count). The van der Waals surface area contributed by atoms with Crippen molar-refractivity contribution in [3.8, 4) is 5.75 Å². The van der Waals surface area contributed by atoms with E-state index >= 15 is 0 Å². The van der Waals surface area contributed by atoms with Crippen LogP contribution in [0.4, 0.5) is 0 Å². The van der Waals surface area contributed by atoms with Gasteiger partial charge in [-0.3, -0.25) is 0 Å². The molecule has 13 heavy (non-hydrogen) atoms. The molecule has 1 aromatic carbocycles. The molecule has 0 radical (unpaired) electrons. The van der Waals surface area contributed by atoms with E-state index in [-0.39, 0.29) is 5.92 Å². The number of hydrogen-bond acceptors (Lipinski definition) is 2. The Labute approximate surface area is 77.5 Å². The van der Waals surface area contributed by atoms with E-state index in [1.807, 2.05) is 13.0 Å². The first-order valence-corrected chi connectivity index (χ1v) is 4.39. The zero-order valence-electron chi connectivity index (χ0n) is 7.83. The van der Waals surface area contributed by atoms with E-state index in [1.54, 1.807) is 7.11 Å². The summed E-state index contributed by atoms with van der Waals surface area (Å²) < 4.78 is 5.20. The van der Waals surface area contributed by atoms with Crippen LogP contribution in [-0.4, -0.2) is 13.4 Å². The van der Waals surface area contributed by atoms with Crippen LogP contribution < -0.4 is 4.74 Å². The van der Waals surface area contributed by atoms with Gasteiger partial charge in [-0.05, 0) is 36.1 Å². The van der Waals surface area contributed by atoms with Crippen LogP contribution in [0.15, 0.2) is 12.1 Å². The Morgan fingerprint density at radius 3 is 2.92 bits per heavy atom. The second-order valence-corrected chi connectivity index (χ2v) is 3.47. The van der Waals surface area contributed by atoms with Gasteiger partial charge in [0.25, 0.3) is 0 Å². The third kappa shape index (κ3) is 1.13. The van der Waals surface area contributed by atoms with Crippen molar-refractivity contribution >= 4 is 6.29 Å². The predicted octanol–water partition coefficient (Wildman–Crippen LogP) is 1.84. The zero-order chi connectivity index (χ0) is 9.42. The van der Waals surface area contributed by atoms with Crippen LogP contribution in [-0.2, 0) is 11.2 Å². The third-order valence-corrected chi connectivity index (χ3v) is 2.66. The number of carbonyl (C=O) groups is 1. The first-order valence-electron chi connectivity index (χ1n) is 4.39. The highest BCUT2D eigenvalue weighted by Gasteiger charge is 2.26. The largest absolute Gasteiger partial charge is 0.496 e. The minimum atomic E-state index is 0.125. The van der Waals surface area contributed by atoms with Gasteiger partial charge in [0.15, 0.2) is 0 Å². The molecule has 1 unspecified atom stereocenters. The Hall–Kier alpha value is -1.31. The first-order chi connectivity index (χ1) is 6.26. The number of methoxy groups -OCH3 is 1. The van der Waals surface area contributed by atoms with Crippen LogP contribution in [0.2, 0.25) is 0 Å². The maximum Gasteiger partial charge on any atom is 0.127 e. The summed E-state index contributed by atoms with van der Waals surface area (Å²) in [5.41, 5.74) is 3.53. The maximum absolute atomic E-state index is 10.6. The van der Waals surface area contributed by atoms with Gasteiger partial charge >= 0.3 is 0 Å². The van der Waals surface area contributed by atoms with Crippen molar-refractivity contribution in [1.82, 2.24) is 0 Å². The molecule has 0 N–H and O–H groups in total. The number of benzene rings is 1. The number of fused-ring (bicyclic) bond motifs is 1. The molecule has 1 atom stereocenters. The number of hydrogen-bond donors (Lipinski definition) is 0. The van der Waals surface area contributed by atoms with Gasteiger partial charge in [0, 0.05) is 5.92 Å². The van der Waals surface area contributed by atoms with Crippen LogP contribution in [0.25, 0.3) is 0 Å². The molecule has 2 nitrogen and oxygen atoms in total. The number of rotatable bonds is 2. The monoisotopic (exact) mass is 176 g/mol. The van der Waals surface area contributed by atoms with Crippen molar-refractivity contribution in [2.75, 3.05) is 7.11 Å². The molecule has 0 bridgehead atoms. The van der Waals surface area contributed by atoms with Crippen LogP contribution in [0.5, 0.6) is 5.75 Å². The Kier molecular flexibility index (Phi) is 1.83. The Bertz CT molecular complexity index is 355. The SMILES string of the molecule is COc1cc2c(cc1C)C(C=O)C2. The topological polar surface area (TPSA) is 26.3 Å². The van der Waals surface area contributed by atoms with Crippen molar-refractivity contribution < 1.29 is 9.53 Å². The van der Waals surface area contributed by atoms with E-state index in [1.165, 1.54) is 11.1 Å². The van der Waals surface area contributed by atoms with E-state index in [0.29, 0.717) is 0 Å². The molecule has 0 aliphatic heterocycles. The van der Waals surface area contributed by atoms with E-state index in [0.717, 1.165) is 24.0 Å². The molecule has 0 saturated heterocycles. The van der Waals surface area contributed by atoms with Gasteiger partial charge in [0.05, 0.1) is 7.11 Å². The Morgan fingerprint density at radius 2 is 2.31 bits per heavy atom. The first kappa shape index (κ1) is 8.30. The summed E-state index contributed by atoms with van der Waals surface area (Å²) in [5.74, 6) is 1.04. The summed E-state index contributed by atoms with van der Waals surface area (Å²) >= 11 is 0. The molecule has 1 aromatic rings. The summed E-state index contributed by atoms with van der Waals surface area (Å²) in [6, 6.07) is 4.08. The summed E-state index contributed by atoms with van der Waals surface area (Å²) in [6.45, 7) is 2.00. The summed E-state index contributed by atoms with van der Waals surface area (Å²) in [4.78, 5) is 10.6. The lowest BCUT2D eigenvalue weighted by Crippen LogP contribution is -2.18. The van der Waals surface area contributed by atoms with Gasteiger partial charge in [-0.1, -0.05) is 6.07 Å². The number of ether oxygens (including phenoxy) is 1. The molecule has 68 valence electrons. The lowest BCUT2D eigenvalue weighted by Gasteiger charge is -2.27. The second kappa shape index (κ2) is 2.87. The smallest absolute Gasteiger partial charge is 0.127 e. The second-order valence-electron chi connectivity index (χ2n) is 3.47. The fourth-order valence-electron chi connectivity index (χ4n) is 1.83. The van der Waals surface area contributed by atoms with Gasteiger partial charge in [-0.25, -0.2) is 0 Å². The van der Waals surface area contributed by atoms with Crippen LogP contribution >= 0.6 is 0 Å². The molecule has 0 fully saturated rings. The highest BCUT2D eigenvalue weighted by molar-refractivity contribution is 5.70. The average Bonchev–Trinajstić information content (AvgIpc) is 2.12. The van der Waals surface area contributed by atoms with Gasteiger partial charge < -0.3 is 9.53 Å². The highest BCUT2D eigenvalue weighted by atomic mass is 16.5. The molecule has 0 aromatic heterocycles. The fraction of sp³-hybridized carbons (Fsp3) is 0.364. The summed E-state index contributed by atoms with van der Waals surface area (Å²) in [7, 11) is 1.67. The molecule has 0 heterocycles. The molecule has 0 amide bonds. The van der Waals surface area contributed by atoms with E-state index < -0.39 is 0 Å². The summed E-state index contributed by atoms with van der Waals surface area (Å²) in [5, 5.41) is 0. The van der Waals surface area contributed by atoms with Gasteiger partial charge in [0.2, 0.25) is 0 Å². The minimum absolute atomic E-state index is 0.125. The zero-order valence-corrected chi connectivity index (χ0v) is 7.83. The molecular formula is C11H12O2. The number of aldehydes is 1. The van der Waals surface area contributed by atoms with Crippen molar-refractivity contribution in [3.05, 3.63) is 28.8 Å². The lowest BCUT2D eigenvalue weighted by molar-refractivity contribution is -0.109. The molecule has 1 aliphatic carbocycles. The van der Waals surface area contributed by atoms with E-state index in [2.05, 4.69) is 6.07 Å². The molecule has 0 spiro atoms. The van der Waals surface area contributed by atoms with Crippen LogP contribution in [0.3, 0.4) is 0 Å². The maximum atomic E-state index is 10.6. The minimum Gasteiger partial charge on any atom is -0.496 e. The average molecular weight is 176 g/mol. The molecule has 2 heteroatoms. The van der Waals surface area contributed by atoms with Crippen molar-refractivity contribution in [3.63, 3.8) is 0 Å². The van der Waals surface area contributed by atoms with Crippen LogP contribution in [0.1, 0.15) is 22.6 Å². The normalized spacial score (nSPS) is 18.8. The Balaban J connectivity index is 2.43. The van der Waals surface area contributed by atoms with Gasteiger partial charge in [-0.15, -0.1) is 0 Å². The summed E-state index contributed by atoms with van der Waals surface area (Å²) in [6.07, 6.45) is 1.89. The third-order valence-electron chi connectivity index (χ3n) is 2.66.